The van der Waals surface area contributed by atoms with E-state index in [0.717, 1.165) is 32.5 Å². The van der Waals surface area contributed by atoms with Gasteiger partial charge in [-0.2, -0.15) is 9.97 Å². The van der Waals surface area contributed by atoms with Crippen LogP contribution in [0.25, 0.3) is 11.2 Å². The van der Waals surface area contributed by atoms with Crippen LogP contribution in [0.5, 0.6) is 0 Å². The first-order valence-corrected chi connectivity index (χ1v) is 17.3. The average Bonchev–Trinajstić information content (AvgIpc) is 3.77. The van der Waals surface area contributed by atoms with Gasteiger partial charge in [0.25, 0.3) is 5.91 Å². The number of anilines is 2. The lowest BCUT2D eigenvalue weighted by atomic mass is 9.91. The standard InChI is InChI=1S/C36H46N8O5/c1-5-42-19-13-18-25(21-42)39-35-40-31(37-20-26(23-14-9-7-10-15-23)24-16-11-8-12-17-24)27-32(41-35)44(22-38-27)43(6-2)33(45)29-28-30(34(46)47-29)49-36(3,4)48-28/h7-12,14-17,22,25-26,28-30,34,46H,5-6,13,18-21H2,1-4H3,(H2,37,39,40,41)/t25?,28-,29+,30-,34-/m1/s1. The van der Waals surface area contributed by atoms with Gasteiger partial charge in [-0.3, -0.25) is 4.79 Å². The van der Waals surface area contributed by atoms with Crippen LogP contribution in [0.4, 0.5) is 11.8 Å². The number of aliphatic hydroxyl groups excluding tert-OH is 1. The van der Waals surface area contributed by atoms with Gasteiger partial charge in [0.1, 0.15) is 18.5 Å². The van der Waals surface area contributed by atoms with Crippen molar-refractivity contribution in [1.82, 2.24) is 24.5 Å². The Morgan fingerprint density at radius 2 is 1.73 bits per heavy atom. The molecular formula is C36H46N8O5. The van der Waals surface area contributed by atoms with E-state index in [1.807, 2.05) is 19.1 Å². The van der Waals surface area contributed by atoms with Crippen LogP contribution in [0.1, 0.15) is 57.6 Å². The third-order valence-electron chi connectivity index (χ3n) is 9.63. The Hall–Kier alpha value is -4.14. The highest BCUT2D eigenvalue weighted by atomic mass is 16.8. The number of nitrogens with one attached hydrogen (secondary N) is 2. The lowest BCUT2D eigenvalue weighted by Gasteiger charge is -2.32. The van der Waals surface area contributed by atoms with Crippen LogP contribution in [0.3, 0.4) is 0 Å². The number of rotatable bonds is 11. The van der Waals surface area contributed by atoms with E-state index in [0.29, 0.717) is 29.5 Å². The fourth-order valence-corrected chi connectivity index (χ4v) is 7.23. The van der Waals surface area contributed by atoms with E-state index in [1.54, 1.807) is 24.9 Å². The maximum Gasteiger partial charge on any atom is 0.273 e. The summed E-state index contributed by atoms with van der Waals surface area (Å²) in [5.41, 5.74) is 3.35. The number of likely N-dealkylation sites (N-methyl/N-ethyl adjacent to an activating group) is 2. The highest BCUT2D eigenvalue weighted by Crippen LogP contribution is 2.38. The van der Waals surface area contributed by atoms with Gasteiger partial charge in [0.2, 0.25) is 5.95 Å². The highest BCUT2D eigenvalue weighted by molar-refractivity contribution is 5.93. The van der Waals surface area contributed by atoms with Crippen LogP contribution in [-0.2, 0) is 19.0 Å². The van der Waals surface area contributed by atoms with E-state index in [-0.39, 0.29) is 18.5 Å². The van der Waals surface area contributed by atoms with E-state index in [4.69, 9.17) is 29.2 Å². The summed E-state index contributed by atoms with van der Waals surface area (Å²) in [6, 6.07) is 21.0. The minimum atomic E-state index is -1.28. The zero-order valence-corrected chi connectivity index (χ0v) is 28.5. The molecule has 5 heterocycles. The molecule has 0 saturated carbocycles. The van der Waals surface area contributed by atoms with Gasteiger partial charge in [0.05, 0.1) is 0 Å². The monoisotopic (exact) mass is 670 g/mol. The third-order valence-corrected chi connectivity index (χ3v) is 9.63. The van der Waals surface area contributed by atoms with Gasteiger partial charge in [-0.25, -0.2) is 14.7 Å². The van der Waals surface area contributed by atoms with Crippen LogP contribution in [0.2, 0.25) is 0 Å². The Bertz CT molecular complexity index is 1700. The first-order chi connectivity index (χ1) is 23.7. The van der Waals surface area contributed by atoms with Crippen molar-refractivity contribution in [3.05, 3.63) is 78.1 Å². The van der Waals surface area contributed by atoms with E-state index in [1.165, 1.54) is 16.1 Å². The quantitative estimate of drug-likeness (QED) is 0.215. The molecule has 3 aliphatic rings. The van der Waals surface area contributed by atoms with Gasteiger partial charge in [0, 0.05) is 31.6 Å². The number of hydrogen-bond donors (Lipinski definition) is 3. The van der Waals surface area contributed by atoms with Crippen molar-refractivity contribution >= 4 is 28.8 Å². The Morgan fingerprint density at radius 1 is 1.04 bits per heavy atom. The van der Waals surface area contributed by atoms with Crippen molar-refractivity contribution in [3.8, 4) is 0 Å². The van der Waals surface area contributed by atoms with E-state index in [2.05, 4.69) is 71.0 Å². The number of likely N-dealkylation sites (tertiary alicyclic amines) is 1. The summed E-state index contributed by atoms with van der Waals surface area (Å²) < 4.78 is 19.2. The highest BCUT2D eigenvalue weighted by Gasteiger charge is 2.58. The Morgan fingerprint density at radius 3 is 2.41 bits per heavy atom. The lowest BCUT2D eigenvalue weighted by molar-refractivity contribution is -0.219. The zero-order chi connectivity index (χ0) is 34.1. The van der Waals surface area contributed by atoms with Crippen LogP contribution >= 0.6 is 0 Å². The SMILES string of the molecule is CCN1CCCC(Nc2nc(NCC(c3ccccc3)c3ccccc3)c3ncn(N(CC)C(=O)[C@H]4O[C@@H](O)[C@@H]5OC(C)(C)O[C@@H]54)c3n2)C1. The summed E-state index contributed by atoms with van der Waals surface area (Å²) in [7, 11) is 0. The number of nitrogens with zero attached hydrogens (tertiary/aromatic N) is 6. The predicted molar refractivity (Wildman–Crippen MR) is 186 cm³/mol. The summed E-state index contributed by atoms with van der Waals surface area (Å²) in [5, 5.41) is 19.3. The maximum absolute atomic E-state index is 14.1. The number of carbonyl (C=O) groups is 1. The van der Waals surface area contributed by atoms with E-state index >= 15 is 0 Å². The maximum atomic E-state index is 14.1. The van der Waals surface area contributed by atoms with Crippen molar-refractivity contribution < 1.29 is 24.1 Å². The van der Waals surface area contributed by atoms with Crippen molar-refractivity contribution in [3.63, 3.8) is 0 Å². The number of ether oxygens (including phenoxy) is 3. The van der Waals surface area contributed by atoms with E-state index in [9.17, 15) is 9.90 Å². The number of amides is 1. The summed E-state index contributed by atoms with van der Waals surface area (Å²) >= 11 is 0. The number of aromatic nitrogens is 4. The molecule has 0 radical (unpaired) electrons. The molecule has 1 amide bonds. The number of aliphatic hydroxyl groups is 1. The summed E-state index contributed by atoms with van der Waals surface area (Å²) in [6.07, 6.45) is -0.208. The Balaban J connectivity index is 1.23. The molecule has 0 aliphatic carbocycles. The average molecular weight is 671 g/mol. The number of benzene rings is 2. The minimum absolute atomic E-state index is 0.0489. The van der Waals surface area contributed by atoms with Crippen LogP contribution in [0, 0.1) is 0 Å². The molecule has 4 aromatic rings. The Kier molecular flexibility index (Phi) is 9.53. The van der Waals surface area contributed by atoms with Gasteiger partial charge in [-0.15, -0.1) is 0 Å². The molecule has 3 N–H and O–H groups in total. The molecule has 49 heavy (non-hydrogen) atoms. The van der Waals surface area contributed by atoms with Crippen LogP contribution in [-0.4, -0.2) is 105 Å². The first kappa shape index (κ1) is 33.4. The summed E-state index contributed by atoms with van der Waals surface area (Å²) in [5.74, 6) is -0.266. The number of imidazole rings is 1. The molecule has 5 atom stereocenters. The van der Waals surface area contributed by atoms with Gasteiger partial charge >= 0.3 is 0 Å². The smallest absolute Gasteiger partial charge is 0.273 e. The molecule has 2 aromatic carbocycles. The largest absolute Gasteiger partial charge is 0.367 e. The van der Waals surface area contributed by atoms with Crippen molar-refractivity contribution in [1.29, 1.82) is 0 Å². The molecule has 13 heteroatoms. The van der Waals surface area contributed by atoms with Crippen LogP contribution < -0.4 is 15.6 Å². The first-order valence-electron chi connectivity index (χ1n) is 17.3. The topological polar surface area (TPSA) is 139 Å². The number of hydrogen-bond acceptors (Lipinski definition) is 11. The molecule has 3 saturated heterocycles. The summed E-state index contributed by atoms with van der Waals surface area (Å²) in [6.45, 7) is 11.4. The molecule has 3 aliphatic heterocycles. The van der Waals surface area contributed by atoms with Crippen LogP contribution in [0.15, 0.2) is 67.0 Å². The molecule has 3 fully saturated rings. The lowest BCUT2D eigenvalue weighted by Crippen LogP contribution is -2.50. The molecule has 1 unspecified atom stereocenters. The number of fused-ring (bicyclic) bond motifs is 2. The van der Waals surface area contributed by atoms with Crippen molar-refractivity contribution in [2.24, 2.45) is 0 Å². The molecule has 260 valence electrons. The van der Waals surface area contributed by atoms with Crippen molar-refractivity contribution in [2.75, 3.05) is 48.4 Å². The molecule has 0 spiro atoms. The third kappa shape index (κ3) is 6.86. The van der Waals surface area contributed by atoms with Crippen molar-refractivity contribution in [2.45, 2.75) is 82.9 Å². The number of piperidine rings is 1. The minimum Gasteiger partial charge on any atom is -0.367 e. The normalized spacial score (nSPS) is 25.1. The predicted octanol–water partition coefficient (Wildman–Crippen LogP) is 3.69. The van der Waals surface area contributed by atoms with Gasteiger partial charge < -0.3 is 34.9 Å². The number of carbonyl (C=O) groups excluding carboxylic acids is 1. The second-order valence-corrected chi connectivity index (χ2v) is 13.4. The fourth-order valence-electron chi connectivity index (χ4n) is 7.23. The second kappa shape index (κ2) is 14.0. The van der Waals surface area contributed by atoms with E-state index < -0.39 is 36.3 Å². The molecule has 2 aromatic heterocycles. The van der Waals surface area contributed by atoms with Gasteiger partial charge in [-0.1, -0.05) is 67.6 Å². The molecule has 0 bridgehead atoms. The van der Waals surface area contributed by atoms with Gasteiger partial charge in [0.15, 0.2) is 35.2 Å². The zero-order valence-electron chi connectivity index (χ0n) is 28.5. The summed E-state index contributed by atoms with van der Waals surface area (Å²) in [4.78, 5) is 31.2. The van der Waals surface area contributed by atoms with Gasteiger partial charge in [-0.05, 0) is 57.8 Å². The molecule has 7 rings (SSSR count). The molecular weight excluding hydrogens is 624 g/mol. The second-order valence-electron chi connectivity index (χ2n) is 13.4. The Labute approximate surface area is 286 Å². The molecule has 13 nitrogen and oxygen atoms in total. The fraction of sp³-hybridized carbons (Fsp3) is 0.500.